The smallest absolute Gasteiger partial charge is 0.416 e. The van der Waals surface area contributed by atoms with Crippen molar-refractivity contribution in [3.8, 4) is 11.5 Å². The molecular weight excluding hydrogens is 525 g/mol. The van der Waals surface area contributed by atoms with E-state index in [1.54, 1.807) is 69.3 Å². The summed E-state index contributed by atoms with van der Waals surface area (Å²) in [6, 6.07) is 17.3. The van der Waals surface area contributed by atoms with E-state index in [4.69, 9.17) is 14.2 Å². The van der Waals surface area contributed by atoms with Gasteiger partial charge in [0, 0.05) is 18.3 Å². The lowest BCUT2D eigenvalue weighted by Gasteiger charge is -2.30. The molecule has 40 heavy (non-hydrogen) atoms. The van der Waals surface area contributed by atoms with E-state index >= 15 is 0 Å². The summed E-state index contributed by atoms with van der Waals surface area (Å²) in [7, 11) is 2.95. The molecule has 0 aliphatic carbocycles. The molecule has 0 saturated carbocycles. The minimum Gasteiger partial charge on any atom is -0.493 e. The van der Waals surface area contributed by atoms with Gasteiger partial charge >= 0.3 is 12.3 Å². The highest BCUT2D eigenvalue weighted by Crippen LogP contribution is 2.33. The van der Waals surface area contributed by atoms with Gasteiger partial charge in [-0.05, 0) is 62.6 Å². The first kappa shape index (κ1) is 30.3. The molecule has 3 aromatic carbocycles. The number of anilines is 1. The number of alkyl halides is 3. The maximum atomic E-state index is 14.1. The Morgan fingerprint density at radius 1 is 0.875 bits per heavy atom. The number of carbonyl (C=O) groups excluding carboxylic acids is 2. The lowest BCUT2D eigenvalue weighted by Crippen LogP contribution is -2.45. The monoisotopic (exact) mass is 558 g/mol. The SMILES string of the molecule is COc1ccc(N(CCc2ccc(C(F)(F)F)cc2)C(=O)C(NC(=O)OC(C)(C)C)c2ccccc2)cc1OC. The number of benzene rings is 3. The maximum absolute atomic E-state index is 14.1. The molecule has 0 spiro atoms. The average molecular weight is 559 g/mol. The van der Waals surface area contributed by atoms with Crippen molar-refractivity contribution in [2.75, 3.05) is 25.7 Å². The van der Waals surface area contributed by atoms with Gasteiger partial charge < -0.3 is 24.4 Å². The van der Waals surface area contributed by atoms with E-state index in [9.17, 15) is 22.8 Å². The molecule has 1 unspecified atom stereocenters. The lowest BCUT2D eigenvalue weighted by molar-refractivity contribution is -0.137. The number of hydrogen-bond acceptors (Lipinski definition) is 5. The van der Waals surface area contributed by atoms with Crippen LogP contribution in [-0.2, 0) is 22.1 Å². The first-order chi connectivity index (χ1) is 18.8. The maximum Gasteiger partial charge on any atom is 0.416 e. The molecule has 7 nitrogen and oxygen atoms in total. The van der Waals surface area contributed by atoms with Gasteiger partial charge in [-0.1, -0.05) is 42.5 Å². The van der Waals surface area contributed by atoms with Crippen molar-refractivity contribution in [3.05, 3.63) is 89.5 Å². The molecule has 0 saturated heterocycles. The zero-order valence-electron chi connectivity index (χ0n) is 23.0. The molecular formula is C30H33F3N2O5. The summed E-state index contributed by atoms with van der Waals surface area (Å²) in [4.78, 5) is 28.3. The minimum atomic E-state index is -4.45. The van der Waals surface area contributed by atoms with Crippen LogP contribution in [0.15, 0.2) is 72.8 Å². The molecule has 1 atom stereocenters. The van der Waals surface area contributed by atoms with Crippen molar-refractivity contribution >= 4 is 17.7 Å². The van der Waals surface area contributed by atoms with E-state index < -0.39 is 35.4 Å². The van der Waals surface area contributed by atoms with Crippen LogP contribution in [-0.4, -0.2) is 38.4 Å². The third-order valence-corrected chi connectivity index (χ3v) is 5.89. The molecule has 0 bridgehead atoms. The van der Waals surface area contributed by atoms with E-state index in [1.807, 2.05) is 0 Å². The molecule has 0 aliphatic heterocycles. The highest BCUT2D eigenvalue weighted by atomic mass is 19.4. The second kappa shape index (κ2) is 12.8. The molecule has 3 rings (SSSR count). The molecule has 3 aromatic rings. The second-order valence-electron chi connectivity index (χ2n) is 9.96. The van der Waals surface area contributed by atoms with E-state index in [0.717, 1.165) is 12.1 Å². The summed E-state index contributed by atoms with van der Waals surface area (Å²) in [6.07, 6.45) is -4.98. The first-order valence-electron chi connectivity index (χ1n) is 12.6. The van der Waals surface area contributed by atoms with Gasteiger partial charge in [0.05, 0.1) is 19.8 Å². The highest BCUT2D eigenvalue weighted by molar-refractivity contribution is 5.99. The fourth-order valence-electron chi connectivity index (χ4n) is 3.98. The Kier molecular flexibility index (Phi) is 9.68. The first-order valence-corrected chi connectivity index (χ1v) is 12.6. The van der Waals surface area contributed by atoms with Crippen molar-refractivity contribution in [2.24, 2.45) is 0 Å². The zero-order chi connectivity index (χ0) is 29.5. The van der Waals surface area contributed by atoms with Gasteiger partial charge in [0.25, 0.3) is 5.91 Å². The van der Waals surface area contributed by atoms with Crippen molar-refractivity contribution in [1.82, 2.24) is 5.32 Å². The summed E-state index contributed by atoms with van der Waals surface area (Å²) >= 11 is 0. The number of nitrogens with one attached hydrogen (secondary N) is 1. The summed E-state index contributed by atoms with van der Waals surface area (Å²) in [5.41, 5.74) is 0.0252. The summed E-state index contributed by atoms with van der Waals surface area (Å²) < 4.78 is 55.2. The van der Waals surface area contributed by atoms with Crippen LogP contribution < -0.4 is 19.7 Å². The van der Waals surface area contributed by atoms with E-state index in [2.05, 4.69) is 5.32 Å². The van der Waals surface area contributed by atoms with E-state index in [-0.39, 0.29) is 13.0 Å². The normalized spacial score (nSPS) is 12.3. The van der Waals surface area contributed by atoms with Gasteiger partial charge in [-0.3, -0.25) is 4.79 Å². The van der Waals surface area contributed by atoms with Gasteiger partial charge in [-0.25, -0.2) is 4.79 Å². The molecule has 0 aromatic heterocycles. The lowest BCUT2D eigenvalue weighted by atomic mass is 10.0. The Hall–Kier alpha value is -4.21. The van der Waals surface area contributed by atoms with Crippen LogP contribution in [0, 0.1) is 0 Å². The number of hydrogen-bond donors (Lipinski definition) is 1. The number of amides is 2. The predicted octanol–water partition coefficient (Wildman–Crippen LogP) is 6.56. The van der Waals surface area contributed by atoms with Crippen molar-refractivity contribution in [1.29, 1.82) is 0 Å². The number of ether oxygens (including phenoxy) is 3. The van der Waals surface area contributed by atoms with Gasteiger partial charge in [0.15, 0.2) is 11.5 Å². The number of nitrogens with zero attached hydrogens (tertiary/aromatic N) is 1. The molecule has 0 radical (unpaired) electrons. The van der Waals surface area contributed by atoms with Crippen molar-refractivity contribution in [3.63, 3.8) is 0 Å². The van der Waals surface area contributed by atoms with Gasteiger partial charge in [-0.2, -0.15) is 13.2 Å². The van der Waals surface area contributed by atoms with Crippen LogP contribution in [0.3, 0.4) is 0 Å². The second-order valence-corrected chi connectivity index (χ2v) is 9.96. The molecule has 214 valence electrons. The third-order valence-electron chi connectivity index (χ3n) is 5.89. The predicted molar refractivity (Wildman–Crippen MR) is 146 cm³/mol. The van der Waals surface area contributed by atoms with Crippen LogP contribution in [0.2, 0.25) is 0 Å². The summed E-state index contributed by atoms with van der Waals surface area (Å²) in [6.45, 7) is 5.24. The quantitative estimate of drug-likeness (QED) is 0.322. The molecule has 0 heterocycles. The minimum absolute atomic E-state index is 0.0962. The summed E-state index contributed by atoms with van der Waals surface area (Å²) in [5.74, 6) is 0.354. The molecule has 2 amide bonds. The van der Waals surface area contributed by atoms with Crippen LogP contribution in [0.4, 0.5) is 23.7 Å². The van der Waals surface area contributed by atoms with Crippen molar-refractivity contribution < 1.29 is 37.0 Å². The molecule has 0 fully saturated rings. The number of methoxy groups -OCH3 is 2. The Balaban J connectivity index is 1.99. The third kappa shape index (κ3) is 8.14. The van der Waals surface area contributed by atoms with Crippen LogP contribution >= 0.6 is 0 Å². The fraction of sp³-hybridized carbons (Fsp3) is 0.333. The Morgan fingerprint density at radius 2 is 1.50 bits per heavy atom. The highest BCUT2D eigenvalue weighted by Gasteiger charge is 2.32. The fourth-order valence-corrected chi connectivity index (χ4v) is 3.98. The topological polar surface area (TPSA) is 77.1 Å². The largest absolute Gasteiger partial charge is 0.493 e. The van der Waals surface area contributed by atoms with Crippen molar-refractivity contribution in [2.45, 2.75) is 45.0 Å². The van der Waals surface area contributed by atoms with Gasteiger partial charge in [-0.15, -0.1) is 0 Å². The van der Waals surface area contributed by atoms with Crippen LogP contribution in [0.1, 0.15) is 43.5 Å². The summed E-state index contributed by atoms with van der Waals surface area (Å²) in [5, 5.41) is 2.68. The zero-order valence-corrected chi connectivity index (χ0v) is 23.0. The van der Waals surface area contributed by atoms with Gasteiger partial charge in [0.1, 0.15) is 11.6 Å². The number of rotatable bonds is 9. The average Bonchev–Trinajstić information content (AvgIpc) is 2.90. The molecule has 1 N–H and O–H groups in total. The van der Waals surface area contributed by atoms with Gasteiger partial charge in [0.2, 0.25) is 0 Å². The standard InChI is InChI=1S/C30H33F3N2O5/c1-29(2,3)40-28(37)34-26(21-9-7-6-8-10-21)27(36)35(23-15-16-24(38-4)25(19-23)39-5)18-17-20-11-13-22(14-12-20)30(31,32)33/h6-16,19,26H,17-18H2,1-5H3,(H,34,37). The molecule has 10 heteroatoms. The Bertz CT molecular complexity index is 1290. The van der Waals surface area contributed by atoms with Crippen LogP contribution in [0.5, 0.6) is 11.5 Å². The Labute approximate surface area is 231 Å². The molecule has 0 aliphatic rings. The van der Waals surface area contributed by atoms with E-state index in [0.29, 0.717) is 28.3 Å². The number of alkyl carbamates (subject to hydrolysis) is 1. The Morgan fingerprint density at radius 3 is 2.05 bits per heavy atom. The number of carbonyl (C=O) groups is 2. The number of halogens is 3. The van der Waals surface area contributed by atoms with Crippen LogP contribution in [0.25, 0.3) is 0 Å². The van der Waals surface area contributed by atoms with E-state index in [1.165, 1.54) is 31.3 Å².